The summed E-state index contributed by atoms with van der Waals surface area (Å²) in [5.41, 5.74) is 4.04. The van der Waals surface area contributed by atoms with Crippen molar-refractivity contribution in [1.29, 1.82) is 0 Å². The Labute approximate surface area is 170 Å². The van der Waals surface area contributed by atoms with E-state index in [1.54, 1.807) is 0 Å². The molecule has 3 aliphatic rings. The number of nitrogens with two attached hydrogens (primary N) is 1. The molecule has 2 heterocycles. The lowest BCUT2D eigenvalue weighted by molar-refractivity contribution is -0.148. The predicted molar refractivity (Wildman–Crippen MR) is 102 cm³/mol. The zero-order chi connectivity index (χ0) is 21.8. The first kappa shape index (κ1) is 22.8. The van der Waals surface area contributed by atoms with Gasteiger partial charge < -0.3 is 20.1 Å². The molecule has 1 aliphatic carbocycles. The molecule has 0 aromatic rings. The van der Waals surface area contributed by atoms with Gasteiger partial charge >= 0.3 is 19.3 Å². The van der Waals surface area contributed by atoms with Crippen LogP contribution < -0.4 is 5.73 Å². The lowest BCUT2D eigenvalue weighted by atomic mass is 9.75. The maximum atomic E-state index is 12.8. The van der Waals surface area contributed by atoms with Crippen LogP contribution in [0.15, 0.2) is 0 Å². The maximum absolute atomic E-state index is 12.8. The van der Waals surface area contributed by atoms with Crippen LogP contribution in [-0.2, 0) is 14.1 Å². The summed E-state index contributed by atoms with van der Waals surface area (Å²) in [4.78, 5) is 13.3. The Morgan fingerprint density at radius 1 is 1.21 bits per heavy atom. The molecule has 0 amide bonds. The van der Waals surface area contributed by atoms with Crippen LogP contribution in [0, 0.1) is 17.8 Å². The first-order valence-corrected chi connectivity index (χ1v) is 10.3. The van der Waals surface area contributed by atoms with Crippen molar-refractivity contribution in [3.05, 3.63) is 0 Å². The number of hydrogen-bond donors (Lipinski definition) is 2. The summed E-state index contributed by atoms with van der Waals surface area (Å²) in [6.07, 6.45) is -2.24. The summed E-state index contributed by atoms with van der Waals surface area (Å²) >= 11 is 0. The normalized spacial score (nSPS) is 36.6. The van der Waals surface area contributed by atoms with E-state index in [1.165, 1.54) is 4.90 Å². The van der Waals surface area contributed by atoms with E-state index in [-0.39, 0.29) is 44.4 Å². The third-order valence-electron chi connectivity index (χ3n) is 7.40. The number of fused-ring (bicyclic) bond motifs is 1. The van der Waals surface area contributed by atoms with Gasteiger partial charge in [-0.1, -0.05) is 6.42 Å². The fraction of sp³-hybridized carbons (Fsp3) is 0.947. The third kappa shape index (κ3) is 4.45. The Hall–Kier alpha value is -0.835. The van der Waals surface area contributed by atoms with E-state index >= 15 is 0 Å². The molecule has 3 N–H and O–H groups in total. The summed E-state index contributed by atoms with van der Waals surface area (Å²) in [5.74, 6) is -1.65. The van der Waals surface area contributed by atoms with Crippen LogP contribution in [0.1, 0.15) is 47.0 Å². The van der Waals surface area contributed by atoms with Gasteiger partial charge in [0.1, 0.15) is 5.54 Å². The molecule has 10 heteroatoms. The average molecular weight is 420 g/mol. The largest absolute Gasteiger partial charge is 0.480 e. The fourth-order valence-corrected chi connectivity index (χ4v) is 5.32. The number of halogens is 3. The van der Waals surface area contributed by atoms with Crippen molar-refractivity contribution < 1.29 is 32.4 Å². The van der Waals surface area contributed by atoms with E-state index in [4.69, 9.17) is 15.0 Å². The molecule has 3 fully saturated rings. The van der Waals surface area contributed by atoms with E-state index in [9.17, 15) is 23.1 Å². The monoisotopic (exact) mass is 420 g/mol. The second kappa shape index (κ2) is 7.39. The van der Waals surface area contributed by atoms with Gasteiger partial charge in [0.25, 0.3) is 0 Å². The topological polar surface area (TPSA) is 85.0 Å². The lowest BCUT2D eigenvalue weighted by Crippen LogP contribution is -2.53. The highest BCUT2D eigenvalue weighted by atomic mass is 19.4. The van der Waals surface area contributed by atoms with E-state index in [0.29, 0.717) is 19.2 Å². The number of carboxylic acid groups (broad SMARTS) is 1. The zero-order valence-corrected chi connectivity index (χ0v) is 17.6. The molecule has 0 aromatic heterocycles. The zero-order valence-electron chi connectivity index (χ0n) is 17.6. The summed E-state index contributed by atoms with van der Waals surface area (Å²) in [5, 5.41) is 9.73. The van der Waals surface area contributed by atoms with Crippen LogP contribution in [0.5, 0.6) is 0 Å². The number of carbonyl (C=O) groups is 1. The fourth-order valence-electron chi connectivity index (χ4n) is 5.32. The Morgan fingerprint density at radius 3 is 2.31 bits per heavy atom. The molecule has 0 aromatic carbocycles. The van der Waals surface area contributed by atoms with Gasteiger partial charge in [-0.25, -0.2) is 0 Å². The van der Waals surface area contributed by atoms with Crippen molar-refractivity contribution in [2.24, 2.45) is 23.5 Å². The van der Waals surface area contributed by atoms with Crippen molar-refractivity contribution in [3.63, 3.8) is 0 Å². The molecule has 166 valence electrons. The van der Waals surface area contributed by atoms with Crippen LogP contribution in [0.25, 0.3) is 0 Å². The number of likely N-dealkylation sites (tertiary alicyclic amines) is 1. The molecule has 2 saturated heterocycles. The summed E-state index contributed by atoms with van der Waals surface area (Å²) in [6.45, 7) is 7.43. The second-order valence-electron chi connectivity index (χ2n) is 10.0. The third-order valence-corrected chi connectivity index (χ3v) is 7.40. The van der Waals surface area contributed by atoms with Crippen LogP contribution in [0.4, 0.5) is 13.2 Å². The van der Waals surface area contributed by atoms with Gasteiger partial charge in [0.15, 0.2) is 0 Å². The van der Waals surface area contributed by atoms with Crippen molar-refractivity contribution in [2.45, 2.75) is 76.2 Å². The van der Waals surface area contributed by atoms with E-state index < -0.39 is 35.4 Å². The minimum Gasteiger partial charge on any atom is -0.480 e. The molecule has 29 heavy (non-hydrogen) atoms. The van der Waals surface area contributed by atoms with Crippen molar-refractivity contribution in [2.75, 3.05) is 19.6 Å². The first-order chi connectivity index (χ1) is 13.1. The molecule has 0 unspecified atom stereocenters. The van der Waals surface area contributed by atoms with Gasteiger partial charge in [0, 0.05) is 13.1 Å². The number of carboxylic acids is 1. The second-order valence-corrected chi connectivity index (χ2v) is 10.0. The first-order valence-electron chi connectivity index (χ1n) is 10.3. The lowest BCUT2D eigenvalue weighted by Gasteiger charge is -2.32. The SMILES string of the molecule is CC1(C)OB(CCC[C@H]2[C@@H]3CN(CC(F)(F)F)C[C@@H]3C[C@@]2(N)C(=O)O)OC1(C)C. The highest BCUT2D eigenvalue weighted by Crippen LogP contribution is 2.50. The molecule has 0 radical (unpaired) electrons. The van der Waals surface area contributed by atoms with E-state index in [0.717, 1.165) is 0 Å². The van der Waals surface area contributed by atoms with Crippen molar-refractivity contribution >= 4 is 13.1 Å². The van der Waals surface area contributed by atoms with Crippen LogP contribution >= 0.6 is 0 Å². The Balaban J connectivity index is 1.62. The summed E-state index contributed by atoms with van der Waals surface area (Å²) < 4.78 is 50.3. The van der Waals surface area contributed by atoms with Gasteiger partial charge in [0.2, 0.25) is 0 Å². The summed E-state index contributed by atoms with van der Waals surface area (Å²) in [6, 6.07) is 0. The molecule has 0 spiro atoms. The highest BCUT2D eigenvalue weighted by Gasteiger charge is 2.58. The number of nitrogens with zero attached hydrogens (tertiary/aromatic N) is 1. The van der Waals surface area contributed by atoms with Gasteiger partial charge in [-0.2, -0.15) is 13.2 Å². The minimum atomic E-state index is -4.25. The highest BCUT2D eigenvalue weighted by molar-refractivity contribution is 6.45. The standard InChI is InChI=1S/C19H32BF3N2O4/c1-16(2)17(3,4)29-20(28-16)7-5-6-14-13-10-25(11-19(21,22)23)9-12(13)8-18(14,24)15(26)27/h12-14H,5-11,24H2,1-4H3,(H,26,27)/t12-,13+,14-,18-/m0/s1. The van der Waals surface area contributed by atoms with Crippen molar-refractivity contribution in [3.8, 4) is 0 Å². The average Bonchev–Trinajstić information content (AvgIpc) is 3.07. The molecule has 0 bridgehead atoms. The molecule has 1 saturated carbocycles. The maximum Gasteiger partial charge on any atom is 0.457 e. The number of alkyl halides is 3. The number of hydrogen-bond acceptors (Lipinski definition) is 5. The summed E-state index contributed by atoms with van der Waals surface area (Å²) in [7, 11) is -0.375. The molecule has 3 rings (SSSR count). The Bertz CT molecular complexity index is 629. The van der Waals surface area contributed by atoms with Gasteiger partial charge in [-0.05, 0) is 64.6 Å². The van der Waals surface area contributed by atoms with E-state index in [1.807, 2.05) is 27.7 Å². The Morgan fingerprint density at radius 2 is 1.79 bits per heavy atom. The molecule has 6 nitrogen and oxygen atoms in total. The van der Waals surface area contributed by atoms with Crippen LogP contribution in [-0.4, -0.2) is 65.6 Å². The predicted octanol–water partition coefficient (Wildman–Crippen LogP) is 2.77. The van der Waals surface area contributed by atoms with Crippen molar-refractivity contribution in [1.82, 2.24) is 4.90 Å². The van der Waals surface area contributed by atoms with Gasteiger partial charge in [-0.3, -0.25) is 9.69 Å². The molecule has 2 aliphatic heterocycles. The van der Waals surface area contributed by atoms with E-state index in [2.05, 4.69) is 0 Å². The quantitative estimate of drug-likeness (QED) is 0.643. The van der Waals surface area contributed by atoms with Gasteiger partial charge in [-0.15, -0.1) is 0 Å². The Kier molecular flexibility index (Phi) is 5.82. The molecular weight excluding hydrogens is 388 g/mol. The number of aliphatic carboxylic acids is 1. The number of rotatable bonds is 6. The van der Waals surface area contributed by atoms with Crippen LogP contribution in [0.2, 0.25) is 6.32 Å². The smallest absolute Gasteiger partial charge is 0.457 e. The molecular formula is C19H32BF3N2O4. The van der Waals surface area contributed by atoms with Crippen LogP contribution in [0.3, 0.4) is 0 Å². The minimum absolute atomic E-state index is 0.111. The van der Waals surface area contributed by atoms with Gasteiger partial charge in [0.05, 0.1) is 17.7 Å². The molecule has 4 atom stereocenters.